The lowest BCUT2D eigenvalue weighted by Gasteiger charge is -2.15. The molecule has 0 saturated carbocycles. The van der Waals surface area contributed by atoms with Gasteiger partial charge in [-0.05, 0) is 0 Å². The fourth-order valence-electron chi connectivity index (χ4n) is 1.58. The molecule has 5 nitrogen and oxygen atoms in total. The number of fused-ring (bicyclic) bond motifs is 1. The third-order valence-corrected chi connectivity index (χ3v) is 2.21. The van der Waals surface area contributed by atoms with E-state index in [4.69, 9.17) is 0 Å². The lowest BCUT2D eigenvalue weighted by molar-refractivity contribution is -0.109. The normalized spacial score (nSPS) is 14.3. The van der Waals surface area contributed by atoms with Gasteiger partial charge < -0.3 is 10.2 Å². The molecule has 0 aromatic carbocycles. The van der Waals surface area contributed by atoms with Crippen LogP contribution in [0.5, 0.6) is 0 Å². The molecule has 0 atom stereocenters. The molecule has 0 unspecified atom stereocenters. The third kappa shape index (κ3) is 1.49. The van der Waals surface area contributed by atoms with Gasteiger partial charge in [-0.2, -0.15) is 5.10 Å². The van der Waals surface area contributed by atoms with Crippen LogP contribution in [0.2, 0.25) is 0 Å². The summed E-state index contributed by atoms with van der Waals surface area (Å²) in [6.07, 6.45) is 2.53. The lowest BCUT2D eigenvalue weighted by Crippen LogP contribution is -2.30. The van der Waals surface area contributed by atoms with Crippen LogP contribution in [0, 0.1) is 0 Å². The van der Waals surface area contributed by atoms with Crippen molar-refractivity contribution in [2.24, 2.45) is 0 Å². The van der Waals surface area contributed by atoms with Gasteiger partial charge in [-0.15, -0.1) is 0 Å². The highest BCUT2D eigenvalue weighted by atomic mass is 16.1. The van der Waals surface area contributed by atoms with Crippen molar-refractivity contribution in [3.05, 3.63) is 12.3 Å². The Kier molecular flexibility index (Phi) is 2.16. The minimum absolute atomic E-state index is 0.689. The van der Waals surface area contributed by atoms with Crippen molar-refractivity contribution in [1.82, 2.24) is 15.1 Å². The van der Waals surface area contributed by atoms with Gasteiger partial charge >= 0.3 is 0 Å². The van der Waals surface area contributed by atoms with Gasteiger partial charge in [0.05, 0.1) is 12.7 Å². The first-order valence-corrected chi connectivity index (χ1v) is 4.35. The number of rotatable bonds is 4. The molecule has 0 spiro atoms. The van der Waals surface area contributed by atoms with Crippen LogP contribution < -0.4 is 10.2 Å². The van der Waals surface area contributed by atoms with E-state index < -0.39 is 0 Å². The van der Waals surface area contributed by atoms with Gasteiger partial charge in [0.15, 0.2) is 0 Å². The third-order valence-electron chi connectivity index (χ3n) is 2.21. The maximum Gasteiger partial charge on any atom is 0.207 e. The molecule has 0 saturated heterocycles. The molecular formula is C8H12N4O. The quantitative estimate of drug-likeness (QED) is 0.499. The van der Waals surface area contributed by atoms with Gasteiger partial charge in [0.25, 0.3) is 0 Å². The lowest BCUT2D eigenvalue weighted by atomic mass is 10.5. The number of amides is 1. The van der Waals surface area contributed by atoms with Gasteiger partial charge in [0.1, 0.15) is 5.82 Å². The zero-order valence-electron chi connectivity index (χ0n) is 7.31. The Morgan fingerprint density at radius 3 is 3.38 bits per heavy atom. The van der Waals surface area contributed by atoms with Crippen LogP contribution >= 0.6 is 0 Å². The molecule has 70 valence electrons. The second-order valence-electron chi connectivity index (χ2n) is 2.97. The molecule has 1 aromatic rings. The zero-order valence-corrected chi connectivity index (χ0v) is 7.31. The van der Waals surface area contributed by atoms with Crippen LogP contribution in [0.1, 0.15) is 0 Å². The number of nitrogens with zero attached hydrogens (tertiary/aromatic N) is 3. The summed E-state index contributed by atoms with van der Waals surface area (Å²) in [5.74, 6) is 1.15. The van der Waals surface area contributed by atoms with E-state index in [0.29, 0.717) is 6.54 Å². The van der Waals surface area contributed by atoms with Crippen molar-refractivity contribution in [3.63, 3.8) is 0 Å². The molecule has 1 aliphatic heterocycles. The second-order valence-corrected chi connectivity index (χ2v) is 2.97. The summed E-state index contributed by atoms with van der Waals surface area (Å²) in [4.78, 5) is 12.2. The van der Waals surface area contributed by atoms with Crippen LogP contribution in [0.3, 0.4) is 0 Å². The maximum atomic E-state index is 10.0. The van der Waals surface area contributed by atoms with E-state index in [1.165, 1.54) is 0 Å². The first-order chi connectivity index (χ1) is 6.42. The van der Waals surface area contributed by atoms with Crippen LogP contribution in [-0.2, 0) is 11.3 Å². The standard InChI is InChI=1S/C8H12N4O/c13-7-9-3-4-11-5-6-12-8(11)1-2-10-12/h1-2,7H,3-6H2,(H,9,13). The highest BCUT2D eigenvalue weighted by Gasteiger charge is 2.17. The van der Waals surface area contributed by atoms with Gasteiger partial charge in [-0.1, -0.05) is 0 Å². The molecule has 0 bridgehead atoms. The SMILES string of the molecule is O=CNCCN1CCn2nccc21. The highest BCUT2D eigenvalue weighted by Crippen LogP contribution is 2.18. The monoisotopic (exact) mass is 180 g/mol. The summed E-state index contributed by atoms with van der Waals surface area (Å²) in [5, 5.41) is 6.81. The number of hydrogen-bond acceptors (Lipinski definition) is 3. The molecular weight excluding hydrogens is 168 g/mol. The number of carbonyl (C=O) groups excluding carboxylic acids is 1. The summed E-state index contributed by atoms with van der Waals surface area (Å²) in [5.41, 5.74) is 0. The Balaban J connectivity index is 1.92. The van der Waals surface area contributed by atoms with Crippen molar-refractivity contribution >= 4 is 12.2 Å². The van der Waals surface area contributed by atoms with Crippen molar-refractivity contribution < 1.29 is 4.79 Å². The van der Waals surface area contributed by atoms with E-state index in [0.717, 1.165) is 31.9 Å². The van der Waals surface area contributed by atoms with Crippen LogP contribution in [-0.4, -0.2) is 35.8 Å². The van der Waals surface area contributed by atoms with Crippen molar-refractivity contribution in [1.29, 1.82) is 0 Å². The number of aromatic nitrogens is 2. The minimum Gasteiger partial charge on any atom is -0.357 e. The van der Waals surface area contributed by atoms with E-state index in [1.807, 2.05) is 10.7 Å². The smallest absolute Gasteiger partial charge is 0.207 e. The number of carbonyl (C=O) groups is 1. The van der Waals surface area contributed by atoms with E-state index in [2.05, 4.69) is 15.3 Å². The second kappa shape index (κ2) is 3.47. The fourth-order valence-corrected chi connectivity index (χ4v) is 1.58. The minimum atomic E-state index is 0.689. The number of hydrogen-bond donors (Lipinski definition) is 1. The molecule has 0 radical (unpaired) electrons. The molecule has 0 fully saturated rings. The average molecular weight is 180 g/mol. The molecule has 2 rings (SSSR count). The Labute approximate surface area is 76.3 Å². The Morgan fingerprint density at radius 2 is 2.54 bits per heavy atom. The first-order valence-electron chi connectivity index (χ1n) is 4.35. The van der Waals surface area contributed by atoms with Gasteiger partial charge in [0.2, 0.25) is 6.41 Å². The average Bonchev–Trinajstić information content (AvgIpc) is 2.68. The van der Waals surface area contributed by atoms with Crippen LogP contribution in [0.4, 0.5) is 5.82 Å². The summed E-state index contributed by atoms with van der Waals surface area (Å²) < 4.78 is 1.97. The predicted octanol–water partition coefficient (Wildman–Crippen LogP) is -0.551. The summed E-state index contributed by atoms with van der Waals surface area (Å²) in [6.45, 7) is 3.48. The van der Waals surface area contributed by atoms with Crippen molar-refractivity contribution in [3.8, 4) is 0 Å². The van der Waals surface area contributed by atoms with Crippen LogP contribution in [0.25, 0.3) is 0 Å². The number of nitrogens with one attached hydrogen (secondary N) is 1. The van der Waals surface area contributed by atoms with Crippen molar-refractivity contribution in [2.75, 3.05) is 24.5 Å². The topological polar surface area (TPSA) is 50.2 Å². The van der Waals surface area contributed by atoms with Gasteiger partial charge in [-0.3, -0.25) is 4.79 Å². The van der Waals surface area contributed by atoms with Gasteiger partial charge in [-0.25, -0.2) is 4.68 Å². The largest absolute Gasteiger partial charge is 0.357 e. The highest BCUT2D eigenvalue weighted by molar-refractivity contribution is 5.46. The van der Waals surface area contributed by atoms with E-state index in [1.54, 1.807) is 6.20 Å². The van der Waals surface area contributed by atoms with Crippen molar-refractivity contribution in [2.45, 2.75) is 6.54 Å². The van der Waals surface area contributed by atoms with E-state index in [-0.39, 0.29) is 0 Å². The molecule has 0 aliphatic carbocycles. The Morgan fingerprint density at radius 1 is 1.62 bits per heavy atom. The molecule has 1 amide bonds. The zero-order chi connectivity index (χ0) is 9.10. The summed E-state index contributed by atoms with van der Waals surface area (Å²) in [7, 11) is 0. The Hall–Kier alpha value is -1.52. The molecule has 1 aliphatic rings. The Bertz CT molecular complexity index is 296. The molecule has 2 heterocycles. The first kappa shape index (κ1) is 8.10. The van der Waals surface area contributed by atoms with Crippen LogP contribution in [0.15, 0.2) is 12.3 Å². The molecule has 13 heavy (non-hydrogen) atoms. The summed E-state index contributed by atoms with van der Waals surface area (Å²) in [6, 6.07) is 1.99. The maximum absolute atomic E-state index is 10.0. The fraction of sp³-hybridized carbons (Fsp3) is 0.500. The van der Waals surface area contributed by atoms with Gasteiger partial charge in [0, 0.05) is 25.7 Å². The predicted molar refractivity (Wildman–Crippen MR) is 48.5 cm³/mol. The molecule has 1 aromatic heterocycles. The summed E-state index contributed by atoms with van der Waals surface area (Å²) >= 11 is 0. The van der Waals surface area contributed by atoms with E-state index in [9.17, 15) is 4.79 Å². The number of anilines is 1. The molecule has 1 N–H and O–H groups in total. The van der Waals surface area contributed by atoms with E-state index >= 15 is 0 Å². The molecule has 5 heteroatoms.